The van der Waals surface area contributed by atoms with E-state index in [0.717, 1.165) is 44.4 Å². The number of hydrogen-bond acceptors (Lipinski definition) is 3. The van der Waals surface area contributed by atoms with Gasteiger partial charge in [0, 0.05) is 6.42 Å². The second kappa shape index (κ2) is 10.0. The molecule has 4 nitrogen and oxygen atoms in total. The van der Waals surface area contributed by atoms with Gasteiger partial charge >= 0.3 is 5.97 Å². The molecular formula is C30H52O4. The highest BCUT2D eigenvalue weighted by atomic mass is 16.4. The van der Waals surface area contributed by atoms with Gasteiger partial charge in [0.15, 0.2) is 0 Å². The number of carboxylic acid groups (broad SMARTS) is 1. The van der Waals surface area contributed by atoms with E-state index in [4.69, 9.17) is 0 Å². The molecule has 4 saturated carbocycles. The average molecular weight is 477 g/mol. The zero-order valence-electron chi connectivity index (χ0n) is 22.5. The Hall–Kier alpha value is -0.610. The fourth-order valence-corrected chi connectivity index (χ4v) is 10.2. The Morgan fingerprint density at radius 2 is 1.62 bits per heavy atom. The van der Waals surface area contributed by atoms with Crippen LogP contribution in [0.25, 0.3) is 0 Å². The first-order valence-electron chi connectivity index (χ1n) is 14.6. The fraction of sp³-hybridized carbons (Fsp3) is 0.967. The molecule has 34 heavy (non-hydrogen) atoms. The third kappa shape index (κ3) is 4.60. The largest absolute Gasteiger partial charge is 0.481 e. The van der Waals surface area contributed by atoms with Crippen LogP contribution in [0.3, 0.4) is 0 Å². The number of hydrogen-bond donors (Lipinski definition) is 3. The highest BCUT2D eigenvalue weighted by Gasteiger charge is 2.62. The lowest BCUT2D eigenvalue weighted by molar-refractivity contribution is -0.174. The predicted octanol–water partition coefficient (Wildman–Crippen LogP) is 6.53. The number of rotatable bonds is 8. The van der Waals surface area contributed by atoms with E-state index >= 15 is 0 Å². The Morgan fingerprint density at radius 3 is 2.29 bits per heavy atom. The molecule has 0 bridgehead atoms. The maximum Gasteiger partial charge on any atom is 0.303 e. The summed E-state index contributed by atoms with van der Waals surface area (Å²) < 4.78 is 0. The molecule has 0 radical (unpaired) electrons. The molecule has 0 aromatic carbocycles. The van der Waals surface area contributed by atoms with Crippen molar-refractivity contribution in [3.05, 3.63) is 0 Å². The van der Waals surface area contributed by atoms with Gasteiger partial charge in [0.1, 0.15) is 0 Å². The zero-order valence-corrected chi connectivity index (χ0v) is 22.5. The van der Waals surface area contributed by atoms with Crippen LogP contribution < -0.4 is 0 Å². The van der Waals surface area contributed by atoms with Crippen molar-refractivity contribution >= 4 is 5.97 Å². The molecule has 4 fully saturated rings. The minimum absolute atomic E-state index is 0.169. The zero-order chi connectivity index (χ0) is 24.8. The Labute approximate surface area is 208 Å². The van der Waals surface area contributed by atoms with E-state index in [0.29, 0.717) is 46.3 Å². The van der Waals surface area contributed by atoms with Crippen LogP contribution in [0.4, 0.5) is 0 Å². The Bertz CT molecular complexity index is 723. The summed E-state index contributed by atoms with van der Waals surface area (Å²) in [7, 11) is 0. The van der Waals surface area contributed by atoms with E-state index in [2.05, 4.69) is 34.6 Å². The second-order valence-corrected chi connectivity index (χ2v) is 13.8. The van der Waals surface area contributed by atoms with Crippen molar-refractivity contribution < 1.29 is 20.1 Å². The SMILES string of the molecule is CCC(CC[C@@H](C)[C@H]1CC[C@H]2[C@@H]3[C@H](O)C[C@@H]4C[C@H](O)CC[C@]4(C)[C@H]3CC[C@]12C)C(C)CC(=O)O. The average Bonchev–Trinajstić information content (AvgIpc) is 3.12. The molecule has 0 aromatic heterocycles. The number of carbonyl (C=O) groups is 1. The van der Waals surface area contributed by atoms with Gasteiger partial charge in [0.2, 0.25) is 0 Å². The molecular weight excluding hydrogens is 424 g/mol. The van der Waals surface area contributed by atoms with Crippen LogP contribution in [0.2, 0.25) is 0 Å². The lowest BCUT2D eigenvalue weighted by Crippen LogP contribution is -2.58. The summed E-state index contributed by atoms with van der Waals surface area (Å²) >= 11 is 0. The molecule has 12 atom stereocenters. The smallest absolute Gasteiger partial charge is 0.303 e. The first-order valence-corrected chi connectivity index (χ1v) is 14.6. The summed E-state index contributed by atoms with van der Waals surface area (Å²) in [5, 5.41) is 31.0. The molecule has 4 aliphatic carbocycles. The first kappa shape index (κ1) is 26.5. The number of aliphatic hydroxyl groups is 2. The molecule has 0 aliphatic heterocycles. The molecule has 0 saturated heterocycles. The van der Waals surface area contributed by atoms with Gasteiger partial charge in [-0.05, 0) is 116 Å². The first-order chi connectivity index (χ1) is 16.0. The Balaban J connectivity index is 1.44. The highest BCUT2D eigenvalue weighted by Crippen LogP contribution is 2.68. The van der Waals surface area contributed by atoms with Gasteiger partial charge in [-0.1, -0.05) is 47.5 Å². The predicted molar refractivity (Wildman–Crippen MR) is 136 cm³/mol. The van der Waals surface area contributed by atoms with Crippen LogP contribution in [-0.4, -0.2) is 33.5 Å². The lowest BCUT2D eigenvalue weighted by atomic mass is 9.43. The van der Waals surface area contributed by atoms with Crippen molar-refractivity contribution in [1.29, 1.82) is 0 Å². The van der Waals surface area contributed by atoms with Crippen LogP contribution in [0.5, 0.6) is 0 Å². The summed E-state index contributed by atoms with van der Waals surface area (Å²) in [6, 6.07) is 0. The number of aliphatic carboxylic acids is 1. The van der Waals surface area contributed by atoms with E-state index in [-0.39, 0.29) is 24.5 Å². The summed E-state index contributed by atoms with van der Waals surface area (Å²) in [6.07, 6.45) is 12.2. The molecule has 2 unspecified atom stereocenters. The second-order valence-electron chi connectivity index (χ2n) is 13.8. The summed E-state index contributed by atoms with van der Waals surface area (Å²) in [5.41, 5.74) is 0.621. The van der Waals surface area contributed by atoms with Gasteiger partial charge in [-0.15, -0.1) is 0 Å². The van der Waals surface area contributed by atoms with Gasteiger partial charge in [0.25, 0.3) is 0 Å². The van der Waals surface area contributed by atoms with Crippen molar-refractivity contribution in [2.24, 2.45) is 58.2 Å². The molecule has 0 aromatic rings. The Morgan fingerprint density at radius 1 is 0.941 bits per heavy atom. The molecule has 3 N–H and O–H groups in total. The minimum atomic E-state index is -0.670. The van der Waals surface area contributed by atoms with Gasteiger partial charge < -0.3 is 15.3 Å². The van der Waals surface area contributed by atoms with E-state index in [1.54, 1.807) is 0 Å². The van der Waals surface area contributed by atoms with Crippen LogP contribution >= 0.6 is 0 Å². The van der Waals surface area contributed by atoms with Gasteiger partial charge in [0.05, 0.1) is 12.2 Å². The van der Waals surface area contributed by atoms with Crippen LogP contribution in [0.1, 0.15) is 112 Å². The van der Waals surface area contributed by atoms with Crippen LogP contribution in [-0.2, 0) is 4.79 Å². The molecule has 196 valence electrons. The quantitative estimate of drug-likeness (QED) is 0.372. The molecule has 0 spiro atoms. The van der Waals surface area contributed by atoms with E-state index in [9.17, 15) is 20.1 Å². The van der Waals surface area contributed by atoms with Gasteiger partial charge in [-0.25, -0.2) is 0 Å². The summed E-state index contributed by atoms with van der Waals surface area (Å²) in [4.78, 5) is 11.2. The fourth-order valence-electron chi connectivity index (χ4n) is 10.2. The maximum absolute atomic E-state index is 11.4. The minimum Gasteiger partial charge on any atom is -0.481 e. The molecule has 0 heterocycles. The monoisotopic (exact) mass is 476 g/mol. The van der Waals surface area contributed by atoms with E-state index in [1.807, 2.05) is 0 Å². The molecule has 0 amide bonds. The van der Waals surface area contributed by atoms with Gasteiger partial charge in [-0.2, -0.15) is 0 Å². The van der Waals surface area contributed by atoms with Crippen molar-refractivity contribution in [1.82, 2.24) is 0 Å². The van der Waals surface area contributed by atoms with Crippen molar-refractivity contribution in [2.45, 2.75) is 124 Å². The highest BCUT2D eigenvalue weighted by molar-refractivity contribution is 5.66. The van der Waals surface area contributed by atoms with Crippen molar-refractivity contribution in [3.8, 4) is 0 Å². The van der Waals surface area contributed by atoms with E-state index in [1.165, 1.54) is 32.1 Å². The van der Waals surface area contributed by atoms with Crippen molar-refractivity contribution in [3.63, 3.8) is 0 Å². The molecule has 4 heteroatoms. The number of aliphatic hydroxyl groups excluding tert-OH is 2. The number of fused-ring (bicyclic) bond motifs is 5. The topological polar surface area (TPSA) is 77.8 Å². The van der Waals surface area contributed by atoms with E-state index < -0.39 is 5.97 Å². The van der Waals surface area contributed by atoms with Crippen molar-refractivity contribution in [2.75, 3.05) is 0 Å². The van der Waals surface area contributed by atoms with Crippen LogP contribution in [0, 0.1) is 58.2 Å². The Kier molecular flexibility index (Phi) is 7.81. The van der Waals surface area contributed by atoms with Crippen LogP contribution in [0.15, 0.2) is 0 Å². The summed E-state index contributed by atoms with van der Waals surface area (Å²) in [6.45, 7) is 11.8. The normalized spacial score (nSPS) is 46.6. The lowest BCUT2D eigenvalue weighted by Gasteiger charge is -2.62. The number of carboxylic acids is 1. The van der Waals surface area contributed by atoms with Gasteiger partial charge in [-0.3, -0.25) is 4.79 Å². The third-order valence-electron chi connectivity index (χ3n) is 12.2. The maximum atomic E-state index is 11.4. The standard InChI is InChI=1S/C30H52O4/c1-6-20(19(3)15-27(33)34)8-7-18(2)23-9-10-24-28-25(12-14-30(23,24)5)29(4)13-11-22(31)16-21(29)17-26(28)32/h18-26,28,31-32H,6-17H2,1-5H3,(H,33,34)/t18-,19?,20?,21+,22-,23-,24+,25+,26-,28+,29+,30-/m1/s1. The third-order valence-corrected chi connectivity index (χ3v) is 12.2. The molecule has 4 rings (SSSR count). The summed E-state index contributed by atoms with van der Waals surface area (Å²) in [5.74, 6) is 3.61. The molecule has 4 aliphatic rings.